The van der Waals surface area contributed by atoms with Crippen molar-refractivity contribution in [3.8, 4) is 0 Å². The molecule has 1 aliphatic carbocycles. The van der Waals surface area contributed by atoms with Gasteiger partial charge in [0.1, 0.15) is 0 Å². The summed E-state index contributed by atoms with van der Waals surface area (Å²) in [6.45, 7) is 0. The Bertz CT molecular complexity index is 344. The predicted molar refractivity (Wildman–Crippen MR) is 59.6 cm³/mol. The number of rotatable bonds is 3. The lowest BCUT2D eigenvalue weighted by Gasteiger charge is -2.07. The quantitative estimate of drug-likeness (QED) is 0.798. The Morgan fingerprint density at radius 3 is 2.33 bits per heavy atom. The molecule has 1 aromatic carbocycles. The first-order chi connectivity index (χ1) is 7.25. The van der Waals surface area contributed by atoms with Gasteiger partial charge in [0, 0.05) is 22.3 Å². The molecule has 0 spiro atoms. The molecule has 4 heteroatoms. The largest absolute Gasteiger partial charge is 0.316 e. The summed E-state index contributed by atoms with van der Waals surface area (Å²) < 4.78 is 0. The summed E-state index contributed by atoms with van der Waals surface area (Å²) in [5.74, 6) is 0. The van der Waals surface area contributed by atoms with Gasteiger partial charge in [0.15, 0.2) is 0 Å². The third-order valence-corrected chi connectivity index (χ3v) is 4.01. The van der Waals surface area contributed by atoms with Crippen molar-refractivity contribution >= 4 is 17.4 Å². The average molecular weight is 224 g/mol. The van der Waals surface area contributed by atoms with Crippen molar-refractivity contribution in [1.82, 2.24) is 0 Å². The van der Waals surface area contributed by atoms with Crippen molar-refractivity contribution < 1.29 is 10.1 Å². The van der Waals surface area contributed by atoms with Crippen molar-refractivity contribution in [3.63, 3.8) is 0 Å². The molecule has 0 radical (unpaired) electrons. The minimum absolute atomic E-state index is 0.107. The van der Waals surface area contributed by atoms with Gasteiger partial charge in [-0.25, -0.2) is 5.21 Å². The predicted octanol–water partition coefficient (Wildman–Crippen LogP) is 3.52. The van der Waals surface area contributed by atoms with Crippen LogP contribution in [0.15, 0.2) is 29.2 Å². The Balaban J connectivity index is 2.00. The molecule has 0 amide bonds. The van der Waals surface area contributed by atoms with Crippen LogP contribution in [0.2, 0.25) is 0 Å². The van der Waals surface area contributed by atoms with Crippen molar-refractivity contribution in [2.75, 3.05) is 0 Å². The number of hydrogen-bond donors (Lipinski definition) is 1. The smallest absolute Gasteiger partial charge is 0.241 e. The van der Waals surface area contributed by atoms with E-state index in [4.69, 9.17) is 5.21 Å². The van der Waals surface area contributed by atoms with Gasteiger partial charge in [0.05, 0.1) is 4.91 Å². The lowest BCUT2D eigenvalue weighted by atomic mass is 10.3. The Labute approximate surface area is 93.0 Å². The van der Waals surface area contributed by atoms with Gasteiger partial charge in [-0.2, -0.15) is 0 Å². The molecule has 0 atom stereocenters. The zero-order chi connectivity index (χ0) is 10.7. The van der Waals surface area contributed by atoms with Crippen molar-refractivity contribution in [2.45, 2.75) is 35.8 Å². The third kappa shape index (κ3) is 2.72. The Morgan fingerprint density at radius 2 is 1.80 bits per heavy atom. The fourth-order valence-electron chi connectivity index (χ4n) is 1.85. The number of nitrogens with zero attached hydrogens (tertiary/aromatic N) is 1. The van der Waals surface area contributed by atoms with Crippen LogP contribution in [0, 0.1) is 4.91 Å². The molecule has 1 aromatic rings. The first kappa shape index (κ1) is 10.5. The molecule has 2 rings (SSSR count). The van der Waals surface area contributed by atoms with Crippen LogP contribution in [0.4, 0.5) is 5.69 Å². The van der Waals surface area contributed by atoms with E-state index in [0.717, 1.165) is 5.25 Å². The Hall–Kier alpha value is -1.03. The van der Waals surface area contributed by atoms with Crippen LogP contribution < -0.4 is 0 Å². The first-order valence-electron chi connectivity index (χ1n) is 5.18. The van der Waals surface area contributed by atoms with Crippen molar-refractivity contribution in [2.24, 2.45) is 0 Å². The highest BCUT2D eigenvalue weighted by atomic mass is 32.2. The third-order valence-electron chi connectivity index (χ3n) is 2.66. The van der Waals surface area contributed by atoms with Crippen LogP contribution in [-0.4, -0.2) is 15.4 Å². The number of thioether (sulfide) groups is 1. The molecule has 1 N–H and O–H groups in total. The molecule has 0 unspecified atom stereocenters. The lowest BCUT2D eigenvalue weighted by molar-refractivity contribution is -0.729. The summed E-state index contributed by atoms with van der Waals surface area (Å²) in [5.41, 5.74) is 0.283. The second-order valence-electron chi connectivity index (χ2n) is 3.79. The molecule has 0 saturated heterocycles. The molecule has 1 fully saturated rings. The lowest BCUT2D eigenvalue weighted by Crippen LogP contribution is -1.94. The molecule has 15 heavy (non-hydrogen) atoms. The summed E-state index contributed by atoms with van der Waals surface area (Å²) in [6.07, 6.45) is 5.25. The highest BCUT2D eigenvalue weighted by Crippen LogP contribution is 2.34. The second-order valence-corrected chi connectivity index (χ2v) is 5.16. The summed E-state index contributed by atoms with van der Waals surface area (Å²) in [4.78, 5) is 11.6. The second kappa shape index (κ2) is 4.66. The molecule has 1 saturated carbocycles. The maximum atomic E-state index is 10.6. The molecule has 3 nitrogen and oxygen atoms in total. The highest BCUT2D eigenvalue weighted by molar-refractivity contribution is 8.00. The Morgan fingerprint density at radius 1 is 1.20 bits per heavy atom. The zero-order valence-corrected chi connectivity index (χ0v) is 9.24. The van der Waals surface area contributed by atoms with E-state index in [0.29, 0.717) is 0 Å². The van der Waals surface area contributed by atoms with E-state index in [2.05, 4.69) is 0 Å². The molecule has 0 heterocycles. The van der Waals surface area contributed by atoms with Gasteiger partial charge in [-0.15, -0.1) is 11.8 Å². The fourth-order valence-corrected chi connectivity index (χ4v) is 3.10. The van der Waals surface area contributed by atoms with E-state index < -0.39 is 0 Å². The van der Waals surface area contributed by atoms with Crippen LogP contribution in [0.5, 0.6) is 0 Å². The topological polar surface area (TPSA) is 40.3 Å². The minimum atomic E-state index is -0.107. The van der Waals surface area contributed by atoms with E-state index in [1.165, 1.54) is 30.6 Å². The van der Waals surface area contributed by atoms with Crippen LogP contribution in [0.3, 0.4) is 0 Å². The van der Waals surface area contributed by atoms with Crippen LogP contribution in [0.25, 0.3) is 0 Å². The summed E-state index contributed by atoms with van der Waals surface area (Å²) in [5, 5.41) is 9.40. The monoisotopic (exact) mass is 224 g/mol. The highest BCUT2D eigenvalue weighted by Gasteiger charge is 2.17. The zero-order valence-electron chi connectivity index (χ0n) is 8.43. The van der Waals surface area contributed by atoms with E-state index in [-0.39, 0.29) is 10.6 Å². The number of hydrogen-bond acceptors (Lipinski definition) is 2. The van der Waals surface area contributed by atoms with Crippen LogP contribution >= 0.6 is 11.8 Å². The van der Waals surface area contributed by atoms with E-state index in [9.17, 15) is 4.91 Å². The van der Waals surface area contributed by atoms with Gasteiger partial charge in [0.2, 0.25) is 0 Å². The Kier molecular flexibility index (Phi) is 3.26. The van der Waals surface area contributed by atoms with E-state index in [1.54, 1.807) is 12.1 Å². The average Bonchev–Trinajstić information content (AvgIpc) is 2.71. The molecular formula is C11H14NO2S+. The first-order valence-corrected chi connectivity index (χ1v) is 6.06. The summed E-state index contributed by atoms with van der Waals surface area (Å²) in [7, 11) is 0. The van der Waals surface area contributed by atoms with Gasteiger partial charge >= 0.3 is 5.69 Å². The molecule has 1 aliphatic rings. The molecule has 0 aromatic heterocycles. The van der Waals surface area contributed by atoms with E-state index in [1.807, 2.05) is 23.9 Å². The molecule has 80 valence electrons. The summed E-state index contributed by atoms with van der Waals surface area (Å²) >= 11 is 1.87. The number of benzene rings is 1. The van der Waals surface area contributed by atoms with Gasteiger partial charge < -0.3 is 0 Å². The van der Waals surface area contributed by atoms with Gasteiger partial charge in [-0.1, -0.05) is 12.8 Å². The standard InChI is InChI=1S/C11H14NO2S/c13-12(14)9-5-7-11(8-6-9)15-10-3-1-2-4-10/h5-8,10H,1-4H2,(H,13,14)/q+1. The maximum absolute atomic E-state index is 10.6. The molecule has 0 aliphatic heterocycles. The van der Waals surface area contributed by atoms with Gasteiger partial charge in [-0.3, -0.25) is 0 Å². The molecular weight excluding hydrogens is 210 g/mol. The van der Waals surface area contributed by atoms with Crippen LogP contribution in [-0.2, 0) is 0 Å². The van der Waals surface area contributed by atoms with Crippen LogP contribution in [0.1, 0.15) is 25.7 Å². The fraction of sp³-hybridized carbons (Fsp3) is 0.455. The van der Waals surface area contributed by atoms with Gasteiger partial charge in [-0.05, 0) is 25.0 Å². The maximum Gasteiger partial charge on any atom is 0.316 e. The minimum Gasteiger partial charge on any atom is -0.241 e. The summed E-state index contributed by atoms with van der Waals surface area (Å²) in [6, 6.07) is 7.06. The van der Waals surface area contributed by atoms with Crippen molar-refractivity contribution in [1.29, 1.82) is 0 Å². The van der Waals surface area contributed by atoms with Gasteiger partial charge in [0.25, 0.3) is 4.92 Å². The molecule has 0 bridgehead atoms. The SMILES string of the molecule is O=[N+](O)c1ccc(SC2CCCC2)cc1. The van der Waals surface area contributed by atoms with Crippen molar-refractivity contribution in [3.05, 3.63) is 29.2 Å². The van der Waals surface area contributed by atoms with E-state index >= 15 is 0 Å². The normalized spacial score (nSPS) is 16.8.